The predicted octanol–water partition coefficient (Wildman–Crippen LogP) is 2.52. The van der Waals surface area contributed by atoms with Gasteiger partial charge < -0.3 is 15.0 Å². The molecule has 144 valence electrons. The molecular weight excluding hydrogens is 326 g/mol. The van der Waals surface area contributed by atoms with Crippen LogP contribution >= 0.6 is 0 Å². The quantitative estimate of drug-likeness (QED) is 0.813. The van der Waals surface area contributed by atoms with E-state index in [0.717, 1.165) is 44.9 Å². The first-order valence-corrected chi connectivity index (χ1v) is 10.0. The Kier molecular flexibility index (Phi) is 7.32. The lowest BCUT2D eigenvalue weighted by molar-refractivity contribution is -0.125. The maximum atomic E-state index is 11.6. The van der Waals surface area contributed by atoms with Crippen LogP contribution in [0.25, 0.3) is 0 Å². The van der Waals surface area contributed by atoms with Crippen LogP contribution in [0.2, 0.25) is 0 Å². The minimum Gasteiger partial charge on any atom is -0.375 e. The van der Waals surface area contributed by atoms with E-state index in [1.807, 2.05) is 0 Å². The number of piperazine rings is 1. The van der Waals surface area contributed by atoms with Gasteiger partial charge in [0.2, 0.25) is 5.91 Å². The van der Waals surface area contributed by atoms with Gasteiger partial charge in [0.1, 0.15) is 6.61 Å². The molecule has 1 saturated carbocycles. The summed E-state index contributed by atoms with van der Waals surface area (Å²) in [4.78, 5) is 16.7. The lowest BCUT2D eigenvalue weighted by Gasteiger charge is -2.37. The second-order valence-electron chi connectivity index (χ2n) is 7.67. The summed E-state index contributed by atoms with van der Waals surface area (Å²) in [5.74, 6) is 0.838. The van der Waals surface area contributed by atoms with Gasteiger partial charge in [-0.3, -0.25) is 9.69 Å². The zero-order valence-corrected chi connectivity index (χ0v) is 16.0. The fraction of sp³-hybridized carbons (Fsp3) is 0.667. The third-order valence-electron chi connectivity index (χ3n) is 5.83. The van der Waals surface area contributed by atoms with Crippen molar-refractivity contribution < 1.29 is 9.53 Å². The van der Waals surface area contributed by atoms with E-state index in [1.165, 1.54) is 31.5 Å². The van der Waals surface area contributed by atoms with E-state index >= 15 is 0 Å². The van der Waals surface area contributed by atoms with E-state index in [-0.39, 0.29) is 12.5 Å². The molecule has 0 bridgehead atoms. The van der Waals surface area contributed by atoms with E-state index in [9.17, 15) is 4.79 Å². The number of para-hydroxylation sites is 1. The van der Waals surface area contributed by atoms with E-state index in [0.29, 0.717) is 6.04 Å². The van der Waals surface area contributed by atoms with Gasteiger partial charge in [0.15, 0.2) is 0 Å². The molecule has 5 heteroatoms. The van der Waals surface area contributed by atoms with Gasteiger partial charge in [-0.05, 0) is 56.7 Å². The molecule has 1 aliphatic heterocycles. The van der Waals surface area contributed by atoms with Gasteiger partial charge >= 0.3 is 0 Å². The first-order chi connectivity index (χ1) is 12.7. The van der Waals surface area contributed by atoms with Crippen LogP contribution in [0.5, 0.6) is 0 Å². The molecule has 5 nitrogen and oxygen atoms in total. The molecule has 0 radical (unpaired) electrons. The molecule has 2 fully saturated rings. The Balaban J connectivity index is 1.31. The summed E-state index contributed by atoms with van der Waals surface area (Å²) in [5, 5.41) is 3.09. The molecule has 3 rings (SSSR count). The van der Waals surface area contributed by atoms with E-state index in [4.69, 9.17) is 4.74 Å². The molecule has 0 atom stereocenters. The highest BCUT2D eigenvalue weighted by molar-refractivity contribution is 5.77. The van der Waals surface area contributed by atoms with Crippen LogP contribution in [0.15, 0.2) is 30.3 Å². The van der Waals surface area contributed by atoms with E-state index < -0.39 is 0 Å². The maximum absolute atomic E-state index is 11.6. The van der Waals surface area contributed by atoms with Gasteiger partial charge in [0, 0.05) is 45.0 Å². The molecule has 1 aromatic carbocycles. The summed E-state index contributed by atoms with van der Waals surface area (Å²) in [7, 11) is 1.57. The molecular formula is C21H33N3O2. The molecule has 2 aliphatic rings. The van der Waals surface area contributed by atoms with Crippen LogP contribution in [-0.2, 0) is 9.53 Å². The summed E-state index contributed by atoms with van der Waals surface area (Å²) >= 11 is 0. The number of carbonyl (C=O) groups is 1. The zero-order valence-electron chi connectivity index (χ0n) is 16.0. The predicted molar refractivity (Wildman–Crippen MR) is 105 cm³/mol. The molecule has 1 N–H and O–H groups in total. The highest BCUT2D eigenvalue weighted by Gasteiger charge is 2.23. The largest absolute Gasteiger partial charge is 0.375 e. The Labute approximate surface area is 157 Å². The fourth-order valence-corrected chi connectivity index (χ4v) is 4.23. The van der Waals surface area contributed by atoms with Gasteiger partial charge in [0.25, 0.3) is 0 Å². The number of hydrogen-bond acceptors (Lipinski definition) is 4. The van der Waals surface area contributed by atoms with E-state index in [1.54, 1.807) is 7.11 Å². The molecule has 1 aromatic rings. The highest BCUT2D eigenvalue weighted by Crippen LogP contribution is 2.27. The number of nitrogens with zero attached hydrogens (tertiary/aromatic N) is 2. The van der Waals surface area contributed by atoms with Crippen LogP contribution in [0.4, 0.5) is 5.69 Å². The number of amides is 1. The average Bonchev–Trinajstić information content (AvgIpc) is 2.69. The number of methoxy groups -OCH3 is 1. The smallest absolute Gasteiger partial charge is 0.246 e. The normalized spacial score (nSPS) is 24.4. The number of hydrogen-bond donors (Lipinski definition) is 1. The minimum absolute atomic E-state index is 0.0206. The van der Waals surface area contributed by atoms with Crippen molar-refractivity contribution >= 4 is 11.6 Å². The number of ether oxygens (including phenoxy) is 1. The van der Waals surface area contributed by atoms with Gasteiger partial charge in [-0.2, -0.15) is 0 Å². The Bertz CT molecular complexity index is 535. The highest BCUT2D eigenvalue weighted by atomic mass is 16.5. The Morgan fingerprint density at radius 3 is 2.42 bits per heavy atom. The molecule has 1 aliphatic carbocycles. The molecule has 0 spiro atoms. The Morgan fingerprint density at radius 2 is 1.77 bits per heavy atom. The Hall–Kier alpha value is -1.59. The van der Waals surface area contributed by atoms with Gasteiger partial charge in [-0.15, -0.1) is 0 Å². The van der Waals surface area contributed by atoms with Crippen molar-refractivity contribution in [2.75, 3.05) is 51.3 Å². The number of nitrogens with one attached hydrogen (secondary N) is 1. The van der Waals surface area contributed by atoms with Crippen molar-refractivity contribution in [1.29, 1.82) is 0 Å². The van der Waals surface area contributed by atoms with Crippen molar-refractivity contribution in [3.05, 3.63) is 30.3 Å². The second-order valence-corrected chi connectivity index (χ2v) is 7.67. The molecule has 1 heterocycles. The van der Waals surface area contributed by atoms with Crippen LogP contribution in [0.1, 0.15) is 32.1 Å². The lowest BCUT2D eigenvalue weighted by atomic mass is 9.84. The SMILES string of the molecule is COCC(=O)N[C@H]1CC[C@H](CCN2CCN(c3ccccc3)CC2)CC1. The molecule has 26 heavy (non-hydrogen) atoms. The summed E-state index contributed by atoms with van der Waals surface area (Å²) < 4.78 is 4.89. The summed E-state index contributed by atoms with van der Waals surface area (Å²) in [6, 6.07) is 11.1. The van der Waals surface area contributed by atoms with Gasteiger partial charge in [0.05, 0.1) is 0 Å². The van der Waals surface area contributed by atoms with Crippen molar-refractivity contribution in [1.82, 2.24) is 10.2 Å². The van der Waals surface area contributed by atoms with Gasteiger partial charge in [-0.1, -0.05) is 18.2 Å². The van der Waals surface area contributed by atoms with Crippen molar-refractivity contribution in [2.45, 2.75) is 38.1 Å². The number of rotatable bonds is 7. The molecule has 0 unspecified atom stereocenters. The van der Waals surface area contributed by atoms with Crippen LogP contribution in [0, 0.1) is 5.92 Å². The van der Waals surface area contributed by atoms with E-state index in [2.05, 4.69) is 45.4 Å². The summed E-state index contributed by atoms with van der Waals surface area (Å²) in [6.07, 6.45) is 6.00. The van der Waals surface area contributed by atoms with Crippen molar-refractivity contribution in [2.24, 2.45) is 5.92 Å². The fourth-order valence-electron chi connectivity index (χ4n) is 4.23. The first-order valence-electron chi connectivity index (χ1n) is 10.0. The summed E-state index contributed by atoms with van der Waals surface area (Å²) in [6.45, 7) is 5.97. The minimum atomic E-state index is 0.0206. The third kappa shape index (κ3) is 5.71. The molecule has 1 saturated heterocycles. The molecule has 1 amide bonds. The monoisotopic (exact) mass is 359 g/mol. The molecule has 0 aromatic heterocycles. The third-order valence-corrected chi connectivity index (χ3v) is 5.83. The number of carbonyl (C=O) groups excluding carboxylic acids is 1. The lowest BCUT2D eigenvalue weighted by Crippen LogP contribution is -2.47. The Morgan fingerprint density at radius 1 is 1.08 bits per heavy atom. The number of benzene rings is 1. The first kappa shape index (κ1) is 19.2. The number of anilines is 1. The van der Waals surface area contributed by atoms with Crippen LogP contribution < -0.4 is 10.2 Å². The van der Waals surface area contributed by atoms with Crippen molar-refractivity contribution in [3.8, 4) is 0 Å². The van der Waals surface area contributed by atoms with Crippen molar-refractivity contribution in [3.63, 3.8) is 0 Å². The average molecular weight is 360 g/mol. The van der Waals surface area contributed by atoms with Crippen LogP contribution in [-0.4, -0.2) is 63.3 Å². The van der Waals surface area contributed by atoms with Gasteiger partial charge in [-0.25, -0.2) is 0 Å². The maximum Gasteiger partial charge on any atom is 0.246 e. The summed E-state index contributed by atoms with van der Waals surface area (Å²) in [5.41, 5.74) is 1.35. The topological polar surface area (TPSA) is 44.8 Å². The standard InChI is InChI=1S/C21H33N3O2/c1-26-17-21(25)22-19-9-7-18(8-10-19)11-12-23-13-15-24(16-14-23)20-5-3-2-4-6-20/h2-6,18-19H,7-17H2,1H3,(H,22,25)/t18-,19-. The zero-order chi connectivity index (χ0) is 18.2. The second kappa shape index (κ2) is 9.93. The van der Waals surface area contributed by atoms with Crippen LogP contribution in [0.3, 0.4) is 0 Å².